The standard InChI is InChI=1S/C17H19N5O/c1-12(23)22-15-4-5-16(18)14(9-15)11-21-8-6-17(19)13-3-2-7-20-10-13/h2-5,7-10,19H,6,11,18H2,1H3,(H,22,23). The number of pyridine rings is 1. The molecule has 1 amide bonds. The van der Waals surface area contributed by atoms with Crippen molar-refractivity contribution in [3.8, 4) is 0 Å². The van der Waals surface area contributed by atoms with Crippen LogP contribution in [0, 0.1) is 5.41 Å². The van der Waals surface area contributed by atoms with Crippen LogP contribution in [-0.2, 0) is 11.3 Å². The van der Waals surface area contributed by atoms with E-state index in [0.29, 0.717) is 30.1 Å². The largest absolute Gasteiger partial charge is 0.398 e. The van der Waals surface area contributed by atoms with Crippen molar-refractivity contribution in [2.24, 2.45) is 4.99 Å². The number of nitrogens with two attached hydrogens (primary N) is 1. The van der Waals surface area contributed by atoms with Crippen LogP contribution in [0.15, 0.2) is 47.7 Å². The molecule has 0 aliphatic rings. The smallest absolute Gasteiger partial charge is 0.221 e. The average Bonchev–Trinajstić information content (AvgIpc) is 2.54. The van der Waals surface area contributed by atoms with Crippen LogP contribution in [0.4, 0.5) is 11.4 Å². The molecule has 0 aliphatic heterocycles. The summed E-state index contributed by atoms with van der Waals surface area (Å²) < 4.78 is 0. The molecule has 1 aromatic heterocycles. The molecular weight excluding hydrogens is 290 g/mol. The number of amides is 1. The second kappa shape index (κ2) is 7.84. The molecule has 0 fully saturated rings. The highest BCUT2D eigenvalue weighted by molar-refractivity contribution is 6.05. The van der Waals surface area contributed by atoms with Crippen molar-refractivity contribution in [2.75, 3.05) is 11.1 Å². The summed E-state index contributed by atoms with van der Waals surface area (Å²) >= 11 is 0. The van der Waals surface area contributed by atoms with Crippen LogP contribution in [0.5, 0.6) is 0 Å². The minimum atomic E-state index is -0.130. The molecule has 6 nitrogen and oxygen atoms in total. The van der Waals surface area contributed by atoms with Crippen LogP contribution < -0.4 is 11.1 Å². The SMILES string of the molecule is CC(=O)Nc1ccc(N)c(CN=CCC(=N)c2cccnc2)c1. The predicted molar refractivity (Wildman–Crippen MR) is 93.0 cm³/mol. The molecular formula is C17H19N5O. The fraction of sp³-hybridized carbons (Fsp3) is 0.176. The topological polar surface area (TPSA) is 104 Å². The Bertz CT molecular complexity index is 725. The van der Waals surface area contributed by atoms with Gasteiger partial charge in [-0.2, -0.15) is 0 Å². The van der Waals surface area contributed by atoms with Gasteiger partial charge in [0.2, 0.25) is 5.91 Å². The van der Waals surface area contributed by atoms with Crippen molar-refractivity contribution in [1.82, 2.24) is 4.98 Å². The molecule has 0 radical (unpaired) electrons. The van der Waals surface area contributed by atoms with E-state index in [1.165, 1.54) is 6.92 Å². The first-order valence-corrected chi connectivity index (χ1v) is 7.18. The number of rotatable bonds is 6. The highest BCUT2D eigenvalue weighted by atomic mass is 16.1. The minimum absolute atomic E-state index is 0.130. The maximum Gasteiger partial charge on any atom is 0.221 e. The summed E-state index contributed by atoms with van der Waals surface area (Å²) in [6, 6.07) is 8.95. The molecule has 0 unspecified atom stereocenters. The molecule has 6 heteroatoms. The number of hydrogen-bond donors (Lipinski definition) is 3. The first-order chi connectivity index (χ1) is 11.1. The van der Waals surface area contributed by atoms with E-state index in [1.54, 1.807) is 42.9 Å². The molecule has 1 heterocycles. The number of hydrogen-bond acceptors (Lipinski definition) is 5. The van der Waals surface area contributed by atoms with Crippen LogP contribution in [0.3, 0.4) is 0 Å². The summed E-state index contributed by atoms with van der Waals surface area (Å²) in [5.41, 5.74) is 9.31. The molecule has 0 spiro atoms. The number of aromatic nitrogens is 1. The molecule has 1 aromatic carbocycles. The van der Waals surface area contributed by atoms with Gasteiger partial charge in [-0.25, -0.2) is 0 Å². The van der Waals surface area contributed by atoms with Gasteiger partial charge in [-0.1, -0.05) is 6.07 Å². The van der Waals surface area contributed by atoms with Gasteiger partial charge in [-0.05, 0) is 29.8 Å². The second-order valence-corrected chi connectivity index (χ2v) is 5.04. The van der Waals surface area contributed by atoms with Gasteiger partial charge in [0, 0.05) is 54.6 Å². The minimum Gasteiger partial charge on any atom is -0.398 e. The lowest BCUT2D eigenvalue weighted by Gasteiger charge is -2.07. The zero-order chi connectivity index (χ0) is 16.7. The lowest BCUT2D eigenvalue weighted by molar-refractivity contribution is -0.114. The second-order valence-electron chi connectivity index (χ2n) is 5.04. The van der Waals surface area contributed by atoms with Crippen molar-refractivity contribution in [2.45, 2.75) is 19.9 Å². The Balaban J connectivity index is 1.95. The van der Waals surface area contributed by atoms with Crippen LogP contribution in [0.1, 0.15) is 24.5 Å². The summed E-state index contributed by atoms with van der Waals surface area (Å²) in [4.78, 5) is 19.4. The highest BCUT2D eigenvalue weighted by Gasteiger charge is 2.02. The molecule has 0 bridgehead atoms. The van der Waals surface area contributed by atoms with E-state index in [2.05, 4.69) is 15.3 Å². The first-order valence-electron chi connectivity index (χ1n) is 7.18. The lowest BCUT2D eigenvalue weighted by Crippen LogP contribution is -2.06. The number of anilines is 2. The van der Waals surface area contributed by atoms with Crippen LogP contribution in [0.25, 0.3) is 0 Å². The van der Waals surface area contributed by atoms with Gasteiger partial charge in [0.1, 0.15) is 0 Å². The van der Waals surface area contributed by atoms with Crippen LogP contribution in [0.2, 0.25) is 0 Å². The third-order valence-electron chi connectivity index (χ3n) is 3.16. The molecule has 0 saturated heterocycles. The van der Waals surface area contributed by atoms with E-state index in [9.17, 15) is 4.79 Å². The molecule has 0 saturated carbocycles. The van der Waals surface area contributed by atoms with Gasteiger partial charge in [-0.3, -0.25) is 14.8 Å². The van der Waals surface area contributed by atoms with Crippen molar-refractivity contribution in [3.63, 3.8) is 0 Å². The molecule has 4 N–H and O–H groups in total. The molecule has 118 valence electrons. The van der Waals surface area contributed by atoms with Gasteiger partial charge in [0.05, 0.1) is 6.54 Å². The number of nitrogen functional groups attached to an aromatic ring is 1. The highest BCUT2D eigenvalue weighted by Crippen LogP contribution is 2.18. The Morgan fingerprint density at radius 2 is 2.26 bits per heavy atom. The monoisotopic (exact) mass is 309 g/mol. The number of carbonyl (C=O) groups excluding carboxylic acids is 1. The van der Waals surface area contributed by atoms with Gasteiger partial charge in [0.25, 0.3) is 0 Å². The van der Waals surface area contributed by atoms with Crippen LogP contribution >= 0.6 is 0 Å². The number of aliphatic imine (C=N–C) groups is 1. The molecule has 0 atom stereocenters. The quantitative estimate of drug-likeness (QED) is 0.564. The number of benzene rings is 1. The summed E-state index contributed by atoms with van der Waals surface area (Å²) in [6.45, 7) is 1.86. The molecule has 2 aromatic rings. The maximum atomic E-state index is 11.1. The summed E-state index contributed by atoms with van der Waals surface area (Å²) in [6.07, 6.45) is 5.46. The summed E-state index contributed by atoms with van der Waals surface area (Å²) in [7, 11) is 0. The number of nitrogens with zero attached hydrogens (tertiary/aromatic N) is 2. The van der Waals surface area contributed by atoms with E-state index in [0.717, 1.165) is 11.1 Å². The Hall–Kier alpha value is -3.02. The number of nitrogens with one attached hydrogen (secondary N) is 2. The lowest BCUT2D eigenvalue weighted by atomic mass is 10.1. The predicted octanol–water partition coefficient (Wildman–Crippen LogP) is 2.65. The Labute approximate surface area is 135 Å². The zero-order valence-electron chi connectivity index (χ0n) is 12.9. The fourth-order valence-electron chi connectivity index (χ4n) is 2.00. The van der Waals surface area contributed by atoms with Gasteiger partial charge in [-0.15, -0.1) is 0 Å². The third kappa shape index (κ3) is 5.03. The van der Waals surface area contributed by atoms with Gasteiger partial charge < -0.3 is 16.5 Å². The van der Waals surface area contributed by atoms with Crippen molar-refractivity contribution >= 4 is 29.2 Å². The van der Waals surface area contributed by atoms with E-state index in [1.807, 2.05) is 6.07 Å². The first kappa shape index (κ1) is 16.4. The Morgan fingerprint density at radius 1 is 1.43 bits per heavy atom. The maximum absolute atomic E-state index is 11.1. The summed E-state index contributed by atoms with van der Waals surface area (Å²) in [5.74, 6) is -0.130. The van der Waals surface area contributed by atoms with Gasteiger partial charge in [0.15, 0.2) is 0 Å². The fourth-order valence-corrected chi connectivity index (χ4v) is 2.00. The van der Waals surface area contributed by atoms with Crippen molar-refractivity contribution < 1.29 is 4.79 Å². The van der Waals surface area contributed by atoms with Crippen LogP contribution in [-0.4, -0.2) is 22.8 Å². The van der Waals surface area contributed by atoms with Crippen molar-refractivity contribution in [3.05, 3.63) is 53.9 Å². The zero-order valence-corrected chi connectivity index (χ0v) is 12.9. The molecule has 2 rings (SSSR count). The number of carbonyl (C=O) groups is 1. The normalized spacial score (nSPS) is 10.7. The van der Waals surface area contributed by atoms with E-state index >= 15 is 0 Å². The van der Waals surface area contributed by atoms with E-state index < -0.39 is 0 Å². The Kier molecular flexibility index (Phi) is 5.57. The summed E-state index contributed by atoms with van der Waals surface area (Å²) in [5, 5.41) is 10.7. The third-order valence-corrected chi connectivity index (χ3v) is 3.16. The van der Waals surface area contributed by atoms with E-state index in [4.69, 9.17) is 11.1 Å². The average molecular weight is 309 g/mol. The molecule has 23 heavy (non-hydrogen) atoms. The molecule has 0 aliphatic carbocycles. The van der Waals surface area contributed by atoms with Crippen molar-refractivity contribution in [1.29, 1.82) is 5.41 Å². The Morgan fingerprint density at radius 3 is 2.96 bits per heavy atom. The van der Waals surface area contributed by atoms with E-state index in [-0.39, 0.29) is 5.91 Å². The van der Waals surface area contributed by atoms with Gasteiger partial charge >= 0.3 is 0 Å².